The predicted octanol–water partition coefficient (Wildman–Crippen LogP) is 2.67. The summed E-state index contributed by atoms with van der Waals surface area (Å²) in [6.45, 7) is 4.01. The summed E-state index contributed by atoms with van der Waals surface area (Å²) < 4.78 is 1.81. The van der Waals surface area contributed by atoms with Gasteiger partial charge in [0.2, 0.25) is 0 Å². The molecule has 8 nitrogen and oxygen atoms in total. The van der Waals surface area contributed by atoms with Gasteiger partial charge in [-0.25, -0.2) is 0 Å². The first-order chi connectivity index (χ1) is 9.90. The van der Waals surface area contributed by atoms with Crippen molar-refractivity contribution in [3.8, 4) is 0 Å². The monoisotopic (exact) mass is 290 g/mol. The fourth-order valence-electron chi connectivity index (χ4n) is 2.07. The summed E-state index contributed by atoms with van der Waals surface area (Å²) in [7, 11) is 0. The van der Waals surface area contributed by atoms with Crippen LogP contribution in [0, 0.1) is 34.1 Å². The van der Waals surface area contributed by atoms with E-state index in [1.54, 1.807) is 0 Å². The van der Waals surface area contributed by atoms with Gasteiger partial charge in [0, 0.05) is 17.5 Å². The second-order valence-corrected chi connectivity index (χ2v) is 4.61. The number of aryl methyl sites for hydroxylation is 2. The van der Waals surface area contributed by atoms with Crippen molar-refractivity contribution in [1.29, 1.82) is 0 Å². The molecule has 1 aromatic heterocycles. The van der Waals surface area contributed by atoms with Gasteiger partial charge in [-0.15, -0.1) is 0 Å². The van der Waals surface area contributed by atoms with E-state index in [0.717, 1.165) is 17.5 Å². The van der Waals surface area contributed by atoms with Crippen molar-refractivity contribution in [3.63, 3.8) is 0 Å². The number of aromatic nitrogens is 1. The SMILES string of the molecule is Cc1ccc(C)n1NCc1ccc([N+](=O)[O-])cc1[N+](=O)[O-]. The molecule has 0 atom stereocenters. The molecule has 0 unspecified atom stereocenters. The van der Waals surface area contributed by atoms with Crippen molar-refractivity contribution in [2.75, 3.05) is 5.43 Å². The minimum Gasteiger partial charge on any atom is -0.321 e. The Labute approximate surface area is 120 Å². The van der Waals surface area contributed by atoms with Crippen molar-refractivity contribution in [2.45, 2.75) is 20.4 Å². The minimum atomic E-state index is -0.648. The second-order valence-electron chi connectivity index (χ2n) is 4.61. The maximum absolute atomic E-state index is 11.0. The molecule has 8 heteroatoms. The van der Waals surface area contributed by atoms with E-state index in [4.69, 9.17) is 0 Å². The van der Waals surface area contributed by atoms with Crippen molar-refractivity contribution in [3.05, 3.63) is 67.5 Å². The van der Waals surface area contributed by atoms with Gasteiger partial charge in [0.05, 0.1) is 28.0 Å². The zero-order valence-corrected chi connectivity index (χ0v) is 11.6. The van der Waals surface area contributed by atoms with Gasteiger partial charge in [0.25, 0.3) is 11.4 Å². The van der Waals surface area contributed by atoms with Gasteiger partial charge in [-0.3, -0.25) is 24.9 Å². The number of nitrogens with zero attached hydrogens (tertiary/aromatic N) is 3. The van der Waals surface area contributed by atoms with Crippen LogP contribution in [-0.4, -0.2) is 14.5 Å². The van der Waals surface area contributed by atoms with E-state index in [1.165, 1.54) is 12.1 Å². The van der Waals surface area contributed by atoms with Gasteiger partial charge < -0.3 is 5.43 Å². The number of hydrogen-bond donors (Lipinski definition) is 1. The highest BCUT2D eigenvalue weighted by atomic mass is 16.6. The topological polar surface area (TPSA) is 103 Å². The Morgan fingerprint density at radius 2 is 1.67 bits per heavy atom. The Bertz CT molecular complexity index is 689. The summed E-state index contributed by atoms with van der Waals surface area (Å²) in [6, 6.07) is 7.49. The van der Waals surface area contributed by atoms with Crippen molar-refractivity contribution < 1.29 is 9.85 Å². The van der Waals surface area contributed by atoms with Gasteiger partial charge in [-0.1, -0.05) is 0 Å². The molecular formula is C13H14N4O4. The van der Waals surface area contributed by atoms with E-state index < -0.39 is 9.85 Å². The summed E-state index contributed by atoms with van der Waals surface area (Å²) in [5.74, 6) is 0. The molecule has 0 aliphatic rings. The summed E-state index contributed by atoms with van der Waals surface area (Å²) in [6.07, 6.45) is 0. The van der Waals surface area contributed by atoms with Gasteiger partial charge in [-0.2, -0.15) is 0 Å². The third-order valence-electron chi connectivity index (χ3n) is 3.18. The first kappa shape index (κ1) is 14.5. The zero-order valence-electron chi connectivity index (χ0n) is 11.6. The maximum Gasteiger partial charge on any atom is 0.281 e. The lowest BCUT2D eigenvalue weighted by molar-refractivity contribution is -0.394. The quantitative estimate of drug-likeness (QED) is 0.673. The lowest BCUT2D eigenvalue weighted by Crippen LogP contribution is -2.17. The Kier molecular flexibility index (Phi) is 3.88. The molecule has 0 amide bonds. The standard InChI is InChI=1S/C13H14N4O4/c1-9-3-4-10(2)15(9)14-8-11-5-6-12(16(18)19)7-13(11)17(20)21/h3-7,14H,8H2,1-2H3. The van der Waals surface area contributed by atoms with Crippen molar-refractivity contribution >= 4 is 11.4 Å². The number of non-ortho nitro benzene ring substituents is 1. The number of nitrogens with one attached hydrogen (secondary N) is 1. The normalized spacial score (nSPS) is 10.4. The average Bonchev–Trinajstić information content (AvgIpc) is 2.75. The van der Waals surface area contributed by atoms with Crippen molar-refractivity contribution in [1.82, 2.24) is 4.68 Å². The van der Waals surface area contributed by atoms with Gasteiger partial charge in [-0.05, 0) is 32.0 Å². The van der Waals surface area contributed by atoms with Crippen LogP contribution >= 0.6 is 0 Å². The van der Waals surface area contributed by atoms with Gasteiger partial charge >= 0.3 is 0 Å². The molecule has 1 heterocycles. The molecule has 2 rings (SSSR count). The van der Waals surface area contributed by atoms with Crippen LogP contribution in [0.4, 0.5) is 11.4 Å². The Morgan fingerprint density at radius 3 is 2.19 bits per heavy atom. The van der Waals surface area contributed by atoms with E-state index in [1.807, 2.05) is 30.7 Å². The molecule has 1 aromatic carbocycles. The largest absolute Gasteiger partial charge is 0.321 e. The van der Waals surface area contributed by atoms with Crippen LogP contribution in [0.5, 0.6) is 0 Å². The van der Waals surface area contributed by atoms with E-state index >= 15 is 0 Å². The third kappa shape index (κ3) is 2.99. The molecule has 110 valence electrons. The fraction of sp³-hybridized carbons (Fsp3) is 0.231. The van der Waals surface area contributed by atoms with E-state index in [9.17, 15) is 20.2 Å². The second kappa shape index (κ2) is 5.61. The number of hydrogen-bond acceptors (Lipinski definition) is 5. The molecule has 0 saturated heterocycles. The first-order valence-corrected chi connectivity index (χ1v) is 6.20. The van der Waals surface area contributed by atoms with Crippen LogP contribution in [0.1, 0.15) is 17.0 Å². The smallest absolute Gasteiger partial charge is 0.281 e. The van der Waals surface area contributed by atoms with Crippen LogP contribution < -0.4 is 5.43 Å². The summed E-state index contributed by atoms with van der Waals surface area (Å²) in [4.78, 5) is 20.5. The molecule has 0 spiro atoms. The number of rotatable bonds is 5. The Hall–Kier alpha value is -2.90. The number of nitro groups is 2. The highest BCUT2D eigenvalue weighted by Gasteiger charge is 2.19. The summed E-state index contributed by atoms with van der Waals surface area (Å²) in [5, 5.41) is 21.7. The zero-order chi connectivity index (χ0) is 15.6. The van der Waals surface area contributed by atoms with Gasteiger partial charge in [0.1, 0.15) is 0 Å². The van der Waals surface area contributed by atoms with Gasteiger partial charge in [0.15, 0.2) is 0 Å². The highest BCUT2D eigenvalue weighted by molar-refractivity contribution is 5.49. The molecule has 2 aromatic rings. The minimum absolute atomic E-state index is 0.199. The Morgan fingerprint density at radius 1 is 1.05 bits per heavy atom. The van der Waals surface area contributed by atoms with Crippen LogP contribution in [-0.2, 0) is 6.54 Å². The Balaban J connectivity index is 2.28. The van der Waals surface area contributed by atoms with Crippen molar-refractivity contribution in [2.24, 2.45) is 0 Å². The molecule has 0 bridgehead atoms. The lowest BCUT2D eigenvalue weighted by Gasteiger charge is -2.12. The lowest BCUT2D eigenvalue weighted by atomic mass is 10.1. The highest BCUT2D eigenvalue weighted by Crippen LogP contribution is 2.24. The van der Waals surface area contributed by atoms with Crippen LogP contribution in [0.2, 0.25) is 0 Å². The molecule has 0 fully saturated rings. The predicted molar refractivity (Wildman–Crippen MR) is 76.7 cm³/mol. The summed E-state index contributed by atoms with van der Waals surface area (Å²) >= 11 is 0. The molecule has 0 aliphatic heterocycles. The summed E-state index contributed by atoms with van der Waals surface area (Å²) in [5.41, 5.74) is 4.83. The molecular weight excluding hydrogens is 276 g/mol. The van der Waals surface area contributed by atoms with Crippen LogP contribution in [0.15, 0.2) is 30.3 Å². The first-order valence-electron chi connectivity index (χ1n) is 6.20. The van der Waals surface area contributed by atoms with Crippen LogP contribution in [0.25, 0.3) is 0 Å². The number of benzene rings is 1. The van der Waals surface area contributed by atoms with Crippen LogP contribution in [0.3, 0.4) is 0 Å². The molecule has 0 saturated carbocycles. The average molecular weight is 290 g/mol. The number of nitro benzene ring substituents is 2. The van der Waals surface area contributed by atoms with E-state index in [2.05, 4.69) is 5.43 Å². The third-order valence-corrected chi connectivity index (χ3v) is 3.18. The fourth-order valence-corrected chi connectivity index (χ4v) is 2.07. The molecule has 0 radical (unpaired) electrons. The molecule has 21 heavy (non-hydrogen) atoms. The maximum atomic E-state index is 11.0. The molecule has 1 N–H and O–H groups in total. The molecule has 0 aliphatic carbocycles. The van der Waals surface area contributed by atoms with E-state index in [-0.39, 0.29) is 17.9 Å². The van der Waals surface area contributed by atoms with E-state index in [0.29, 0.717) is 5.56 Å².